The Hall–Kier alpha value is -2.22. The summed E-state index contributed by atoms with van der Waals surface area (Å²) in [4.78, 5) is 30.3. The summed E-state index contributed by atoms with van der Waals surface area (Å²) < 4.78 is 0. The van der Waals surface area contributed by atoms with Crippen molar-refractivity contribution in [3.63, 3.8) is 0 Å². The molecular weight excluding hydrogens is 372 g/mol. The van der Waals surface area contributed by atoms with E-state index in [-0.39, 0.29) is 17.9 Å². The minimum atomic E-state index is -0.0734. The van der Waals surface area contributed by atoms with Gasteiger partial charge in [0, 0.05) is 44.5 Å². The van der Waals surface area contributed by atoms with Crippen molar-refractivity contribution in [2.24, 2.45) is 0 Å². The molecule has 2 heterocycles. The summed E-state index contributed by atoms with van der Waals surface area (Å²) in [5, 5.41) is 5.98. The highest BCUT2D eigenvalue weighted by Crippen LogP contribution is 2.20. The lowest BCUT2D eigenvalue weighted by Gasteiger charge is -2.35. The van der Waals surface area contributed by atoms with Gasteiger partial charge in [-0.15, -0.1) is 11.3 Å². The molecule has 1 aromatic carbocycles. The van der Waals surface area contributed by atoms with Crippen LogP contribution in [0.2, 0.25) is 0 Å². The van der Waals surface area contributed by atoms with E-state index in [0.717, 1.165) is 43.2 Å². The van der Waals surface area contributed by atoms with Crippen LogP contribution in [0.1, 0.15) is 33.1 Å². The quantitative estimate of drug-likeness (QED) is 0.747. The molecule has 1 saturated heterocycles. The lowest BCUT2D eigenvalue weighted by atomic mass is 10.1. The van der Waals surface area contributed by atoms with Crippen LogP contribution in [0, 0.1) is 0 Å². The Balaban J connectivity index is 1.66. The molecule has 3 rings (SSSR count). The second kappa shape index (κ2) is 9.82. The second-order valence-corrected chi connectivity index (χ2v) is 8.38. The number of nitrogens with one attached hydrogen (secondary N) is 2. The van der Waals surface area contributed by atoms with Gasteiger partial charge in [0.05, 0.1) is 17.5 Å². The molecule has 1 aliphatic rings. The van der Waals surface area contributed by atoms with Crippen molar-refractivity contribution in [3.05, 3.63) is 57.8 Å². The average molecular weight is 401 g/mol. The van der Waals surface area contributed by atoms with Crippen LogP contribution in [0.4, 0.5) is 0 Å². The summed E-state index contributed by atoms with van der Waals surface area (Å²) in [6.07, 6.45) is 0. The molecule has 2 N–H and O–H groups in total. The van der Waals surface area contributed by atoms with Gasteiger partial charge in [-0.2, -0.15) is 0 Å². The summed E-state index contributed by atoms with van der Waals surface area (Å²) in [5.74, 6) is -0.141. The molecule has 0 saturated carbocycles. The van der Waals surface area contributed by atoms with Crippen molar-refractivity contribution in [2.75, 3.05) is 39.8 Å². The van der Waals surface area contributed by atoms with Crippen LogP contribution in [-0.2, 0) is 11.3 Å². The SMILES string of the molecule is CC(=O)NCc1ccc(C(=O)NC(CN2CCN(C)CC2)c2ccccc2)s1. The topological polar surface area (TPSA) is 64.7 Å². The van der Waals surface area contributed by atoms with Gasteiger partial charge < -0.3 is 15.5 Å². The number of nitrogens with zero attached hydrogens (tertiary/aromatic N) is 2. The van der Waals surface area contributed by atoms with Crippen molar-refractivity contribution >= 4 is 23.2 Å². The zero-order valence-electron chi connectivity index (χ0n) is 16.5. The molecule has 150 valence electrons. The molecule has 0 radical (unpaired) electrons. The predicted molar refractivity (Wildman–Crippen MR) is 112 cm³/mol. The van der Waals surface area contributed by atoms with Crippen molar-refractivity contribution in [2.45, 2.75) is 19.5 Å². The molecule has 2 amide bonds. The van der Waals surface area contributed by atoms with Crippen LogP contribution in [0.5, 0.6) is 0 Å². The van der Waals surface area contributed by atoms with Crippen LogP contribution in [-0.4, -0.2) is 61.4 Å². The second-order valence-electron chi connectivity index (χ2n) is 7.22. The van der Waals surface area contributed by atoms with Gasteiger partial charge in [-0.1, -0.05) is 30.3 Å². The van der Waals surface area contributed by atoms with Crippen LogP contribution in [0.15, 0.2) is 42.5 Å². The van der Waals surface area contributed by atoms with Crippen LogP contribution >= 0.6 is 11.3 Å². The van der Waals surface area contributed by atoms with Crippen LogP contribution in [0.3, 0.4) is 0 Å². The Kier molecular flexibility index (Phi) is 7.19. The standard InChI is InChI=1S/C21H28N4O2S/c1-16(26)22-14-18-8-9-20(28-18)21(27)23-19(17-6-4-3-5-7-17)15-25-12-10-24(2)11-13-25/h3-9,19H,10-15H2,1-2H3,(H,22,26)(H,23,27). The fraction of sp³-hybridized carbons (Fsp3) is 0.429. The third-order valence-corrected chi connectivity index (χ3v) is 6.02. The maximum absolute atomic E-state index is 12.9. The number of benzene rings is 1. The van der Waals surface area contributed by atoms with Gasteiger partial charge in [0.2, 0.25) is 5.91 Å². The molecule has 0 spiro atoms. The fourth-order valence-corrected chi connectivity index (χ4v) is 4.09. The van der Waals surface area contributed by atoms with E-state index in [1.165, 1.54) is 18.3 Å². The summed E-state index contributed by atoms with van der Waals surface area (Å²) in [5.41, 5.74) is 1.12. The Bertz CT molecular complexity index is 785. The normalized spacial score (nSPS) is 16.5. The van der Waals surface area contributed by atoms with Gasteiger partial charge in [0.15, 0.2) is 0 Å². The number of thiophene rings is 1. The number of carbonyl (C=O) groups is 2. The molecule has 6 nitrogen and oxygen atoms in total. The highest BCUT2D eigenvalue weighted by Gasteiger charge is 2.22. The molecule has 0 aliphatic carbocycles. The smallest absolute Gasteiger partial charge is 0.261 e. The molecule has 2 aromatic rings. The first kappa shape index (κ1) is 20.5. The first-order valence-corrected chi connectivity index (χ1v) is 10.4. The largest absolute Gasteiger partial charge is 0.351 e. The number of hydrogen-bond donors (Lipinski definition) is 2. The molecule has 7 heteroatoms. The third kappa shape index (κ3) is 5.89. The number of carbonyl (C=O) groups excluding carboxylic acids is 2. The number of amides is 2. The van der Waals surface area contributed by atoms with Gasteiger partial charge in [-0.3, -0.25) is 14.5 Å². The molecule has 28 heavy (non-hydrogen) atoms. The van der Waals surface area contributed by atoms with Gasteiger partial charge >= 0.3 is 0 Å². The van der Waals surface area contributed by atoms with E-state index in [0.29, 0.717) is 11.4 Å². The fourth-order valence-electron chi connectivity index (χ4n) is 3.24. The van der Waals surface area contributed by atoms with E-state index < -0.39 is 0 Å². The van der Waals surface area contributed by atoms with Gasteiger partial charge in [0.25, 0.3) is 5.91 Å². The highest BCUT2D eigenvalue weighted by atomic mass is 32.1. The zero-order chi connectivity index (χ0) is 19.9. The van der Waals surface area contributed by atoms with Crippen molar-refractivity contribution < 1.29 is 9.59 Å². The summed E-state index contributed by atoms with van der Waals surface area (Å²) in [6.45, 7) is 6.86. The highest BCUT2D eigenvalue weighted by molar-refractivity contribution is 7.14. The lowest BCUT2D eigenvalue weighted by molar-refractivity contribution is -0.119. The van der Waals surface area contributed by atoms with E-state index in [4.69, 9.17) is 0 Å². The molecule has 1 aromatic heterocycles. The number of piperazine rings is 1. The number of hydrogen-bond acceptors (Lipinski definition) is 5. The number of likely N-dealkylation sites (N-methyl/N-ethyl adjacent to an activating group) is 1. The molecule has 1 atom stereocenters. The van der Waals surface area contributed by atoms with E-state index >= 15 is 0 Å². The van der Waals surface area contributed by atoms with Crippen molar-refractivity contribution in [3.8, 4) is 0 Å². The Morgan fingerprint density at radius 3 is 2.46 bits per heavy atom. The Morgan fingerprint density at radius 2 is 1.79 bits per heavy atom. The minimum Gasteiger partial charge on any atom is -0.351 e. The molecular formula is C21H28N4O2S. The molecule has 1 unspecified atom stereocenters. The maximum atomic E-state index is 12.9. The third-order valence-electron chi connectivity index (χ3n) is 4.94. The molecule has 1 fully saturated rings. The Morgan fingerprint density at radius 1 is 1.07 bits per heavy atom. The van der Waals surface area contributed by atoms with Gasteiger partial charge in [0.1, 0.15) is 0 Å². The Labute approximate surface area is 170 Å². The van der Waals surface area contributed by atoms with E-state index in [2.05, 4.69) is 39.6 Å². The van der Waals surface area contributed by atoms with Gasteiger partial charge in [-0.05, 0) is 24.7 Å². The summed E-state index contributed by atoms with van der Waals surface area (Å²) in [6, 6.07) is 13.8. The van der Waals surface area contributed by atoms with Crippen molar-refractivity contribution in [1.82, 2.24) is 20.4 Å². The monoisotopic (exact) mass is 400 g/mol. The van der Waals surface area contributed by atoms with Gasteiger partial charge in [-0.25, -0.2) is 0 Å². The minimum absolute atomic E-state index is 0.0574. The van der Waals surface area contributed by atoms with Crippen LogP contribution < -0.4 is 10.6 Å². The zero-order valence-corrected chi connectivity index (χ0v) is 17.3. The summed E-state index contributed by atoms with van der Waals surface area (Å²) in [7, 11) is 2.14. The van der Waals surface area contributed by atoms with E-state index in [1.807, 2.05) is 30.3 Å². The maximum Gasteiger partial charge on any atom is 0.261 e. The van der Waals surface area contributed by atoms with E-state index in [9.17, 15) is 9.59 Å². The lowest BCUT2D eigenvalue weighted by Crippen LogP contribution is -2.47. The first-order valence-electron chi connectivity index (χ1n) is 9.61. The predicted octanol–water partition coefficient (Wildman–Crippen LogP) is 2.10. The van der Waals surface area contributed by atoms with Crippen LogP contribution in [0.25, 0.3) is 0 Å². The summed E-state index contributed by atoms with van der Waals surface area (Å²) >= 11 is 1.42. The van der Waals surface area contributed by atoms with Crippen molar-refractivity contribution in [1.29, 1.82) is 0 Å². The first-order chi connectivity index (χ1) is 13.5. The van der Waals surface area contributed by atoms with E-state index in [1.54, 1.807) is 0 Å². The molecule has 0 bridgehead atoms. The average Bonchev–Trinajstić information content (AvgIpc) is 3.17. The molecule has 1 aliphatic heterocycles. The number of rotatable bonds is 7.